The number of fused-ring (bicyclic) bond motifs is 1. The van der Waals surface area contributed by atoms with Crippen LogP contribution in [-0.2, 0) is 4.74 Å². The van der Waals surface area contributed by atoms with Crippen molar-refractivity contribution in [2.45, 2.75) is 13.0 Å². The predicted molar refractivity (Wildman–Crippen MR) is 98.1 cm³/mol. The summed E-state index contributed by atoms with van der Waals surface area (Å²) in [5.74, 6) is -1.41. The molecule has 28 heavy (non-hydrogen) atoms. The van der Waals surface area contributed by atoms with Crippen LogP contribution in [0.1, 0.15) is 5.56 Å². The number of aromatic nitrogens is 1. The van der Waals surface area contributed by atoms with E-state index in [1.54, 1.807) is 18.2 Å². The van der Waals surface area contributed by atoms with Crippen molar-refractivity contribution in [3.63, 3.8) is 0 Å². The maximum atomic E-state index is 14.9. The average molecular weight is 383 g/mol. The number of carbonyl (C=O) groups is 1. The molecule has 1 aromatic heterocycles. The Morgan fingerprint density at radius 3 is 2.86 bits per heavy atom. The van der Waals surface area contributed by atoms with Gasteiger partial charge in [-0.3, -0.25) is 4.90 Å². The Balaban J connectivity index is 1.71. The standard InChI is InChI=1S/C18H14FN5O4/c1-10-2-5-16-15(6-10)24(18(26)28-16)14-4-3-11(7-13(14)19)23-9-12(8-21-22-20)27-17(23)25/h2-7,12H,8-9H2,1H3/t12-/m0/s1. The van der Waals surface area contributed by atoms with Gasteiger partial charge in [0.05, 0.1) is 30.0 Å². The second-order valence-corrected chi connectivity index (χ2v) is 6.34. The van der Waals surface area contributed by atoms with E-state index in [1.165, 1.54) is 17.0 Å². The Morgan fingerprint density at radius 1 is 1.29 bits per heavy atom. The summed E-state index contributed by atoms with van der Waals surface area (Å²) in [6.07, 6.45) is -1.26. The summed E-state index contributed by atoms with van der Waals surface area (Å²) in [7, 11) is 0. The van der Waals surface area contributed by atoms with Crippen molar-refractivity contribution in [2.75, 3.05) is 18.0 Å². The molecule has 1 fully saturated rings. The lowest BCUT2D eigenvalue weighted by Gasteiger charge is -2.14. The number of halogens is 1. The topological polar surface area (TPSA) is 113 Å². The van der Waals surface area contributed by atoms with Gasteiger partial charge in [-0.1, -0.05) is 11.2 Å². The molecule has 0 bridgehead atoms. The lowest BCUT2D eigenvalue weighted by atomic mass is 10.2. The van der Waals surface area contributed by atoms with Gasteiger partial charge in [0.1, 0.15) is 11.9 Å². The zero-order chi connectivity index (χ0) is 19.8. The van der Waals surface area contributed by atoms with Crippen LogP contribution in [0.15, 0.2) is 50.7 Å². The summed E-state index contributed by atoms with van der Waals surface area (Å²) < 4.78 is 26.3. The number of amides is 1. The number of oxazole rings is 1. The lowest BCUT2D eigenvalue weighted by molar-refractivity contribution is 0.145. The molecule has 0 saturated carbocycles. The third-order valence-electron chi connectivity index (χ3n) is 4.44. The minimum atomic E-state index is -0.706. The predicted octanol–water partition coefficient (Wildman–Crippen LogP) is 3.67. The largest absolute Gasteiger partial charge is 0.444 e. The Kier molecular flexibility index (Phi) is 4.25. The minimum absolute atomic E-state index is 0.00490. The van der Waals surface area contributed by atoms with E-state index in [0.29, 0.717) is 11.1 Å². The first-order chi connectivity index (χ1) is 13.5. The number of cyclic esters (lactones) is 1. The number of hydrogen-bond donors (Lipinski definition) is 0. The Labute approximate surface area is 157 Å². The van der Waals surface area contributed by atoms with Crippen LogP contribution < -0.4 is 10.7 Å². The van der Waals surface area contributed by atoms with E-state index in [9.17, 15) is 14.0 Å². The van der Waals surface area contributed by atoms with E-state index in [4.69, 9.17) is 14.7 Å². The number of benzene rings is 2. The number of ether oxygens (including phenoxy) is 1. The first kappa shape index (κ1) is 17.6. The fourth-order valence-corrected chi connectivity index (χ4v) is 3.15. The molecule has 1 aliphatic heterocycles. The van der Waals surface area contributed by atoms with Gasteiger partial charge in [0.25, 0.3) is 0 Å². The highest BCUT2D eigenvalue weighted by Crippen LogP contribution is 2.27. The molecule has 3 aromatic rings. The van der Waals surface area contributed by atoms with Crippen molar-refractivity contribution in [1.29, 1.82) is 0 Å². The number of azide groups is 1. The quantitative estimate of drug-likeness (QED) is 0.388. The van der Waals surface area contributed by atoms with E-state index < -0.39 is 23.8 Å². The van der Waals surface area contributed by atoms with Crippen molar-refractivity contribution in [3.05, 3.63) is 68.8 Å². The molecule has 2 aromatic carbocycles. The van der Waals surface area contributed by atoms with Gasteiger partial charge in [-0.25, -0.2) is 18.5 Å². The summed E-state index contributed by atoms with van der Waals surface area (Å²) in [4.78, 5) is 28.1. The molecule has 0 unspecified atom stereocenters. The van der Waals surface area contributed by atoms with E-state index in [0.717, 1.165) is 16.2 Å². The van der Waals surface area contributed by atoms with E-state index in [2.05, 4.69) is 10.0 Å². The summed E-state index contributed by atoms with van der Waals surface area (Å²) in [5, 5.41) is 3.38. The van der Waals surface area contributed by atoms with Crippen molar-refractivity contribution < 1.29 is 18.3 Å². The number of hydrogen-bond acceptors (Lipinski definition) is 5. The summed E-state index contributed by atoms with van der Waals surface area (Å²) in [6, 6.07) is 9.23. The zero-order valence-electron chi connectivity index (χ0n) is 14.7. The molecule has 0 N–H and O–H groups in total. The molecular formula is C18H14FN5O4. The fourth-order valence-electron chi connectivity index (χ4n) is 3.15. The van der Waals surface area contributed by atoms with Gasteiger partial charge >= 0.3 is 11.8 Å². The van der Waals surface area contributed by atoms with Gasteiger partial charge in [-0.2, -0.15) is 0 Å². The fraction of sp³-hybridized carbons (Fsp3) is 0.222. The molecule has 9 nitrogen and oxygen atoms in total. The molecule has 1 atom stereocenters. The molecule has 1 aliphatic rings. The number of rotatable bonds is 4. The molecular weight excluding hydrogens is 369 g/mol. The molecule has 10 heteroatoms. The third-order valence-corrected chi connectivity index (χ3v) is 4.44. The molecule has 0 spiro atoms. The van der Waals surface area contributed by atoms with Crippen molar-refractivity contribution in [3.8, 4) is 5.69 Å². The Morgan fingerprint density at radius 2 is 2.11 bits per heavy atom. The van der Waals surface area contributed by atoms with Gasteiger partial charge in [-0.15, -0.1) is 0 Å². The average Bonchev–Trinajstić information content (AvgIpc) is 3.19. The van der Waals surface area contributed by atoms with Gasteiger partial charge in [0.15, 0.2) is 5.58 Å². The molecule has 0 radical (unpaired) electrons. The van der Waals surface area contributed by atoms with Gasteiger partial charge in [-0.05, 0) is 48.4 Å². The second kappa shape index (κ2) is 6.75. The molecule has 0 aliphatic carbocycles. The first-order valence-corrected chi connectivity index (χ1v) is 8.39. The maximum absolute atomic E-state index is 14.9. The van der Waals surface area contributed by atoms with Crippen molar-refractivity contribution in [1.82, 2.24) is 4.57 Å². The maximum Gasteiger partial charge on any atom is 0.424 e. The molecule has 2 heterocycles. The molecule has 4 rings (SSSR count). The van der Waals surface area contributed by atoms with Gasteiger partial charge in [0.2, 0.25) is 0 Å². The second-order valence-electron chi connectivity index (χ2n) is 6.34. The Bertz CT molecular complexity index is 1190. The SMILES string of the molecule is Cc1ccc2oc(=O)n(-c3ccc(N4C[C@H](CN=[N+]=[N-])OC4=O)cc3F)c2c1. The monoisotopic (exact) mass is 383 g/mol. The van der Waals surface area contributed by atoms with Gasteiger partial charge < -0.3 is 9.15 Å². The van der Waals surface area contributed by atoms with Crippen LogP contribution in [0, 0.1) is 12.7 Å². The van der Waals surface area contributed by atoms with Crippen LogP contribution in [0.4, 0.5) is 14.9 Å². The number of aryl methyl sites for hydroxylation is 1. The van der Waals surface area contributed by atoms with Gasteiger partial charge in [0, 0.05) is 4.91 Å². The highest BCUT2D eigenvalue weighted by molar-refractivity contribution is 5.90. The van der Waals surface area contributed by atoms with E-state index in [1.807, 2.05) is 6.92 Å². The van der Waals surface area contributed by atoms with Crippen LogP contribution in [0.5, 0.6) is 0 Å². The van der Waals surface area contributed by atoms with Crippen LogP contribution in [0.2, 0.25) is 0 Å². The molecule has 1 amide bonds. The molecule has 142 valence electrons. The minimum Gasteiger partial charge on any atom is -0.444 e. The lowest BCUT2D eigenvalue weighted by Crippen LogP contribution is -2.25. The zero-order valence-corrected chi connectivity index (χ0v) is 14.7. The van der Waals surface area contributed by atoms with Crippen molar-refractivity contribution in [2.24, 2.45) is 5.11 Å². The van der Waals surface area contributed by atoms with Crippen molar-refractivity contribution >= 4 is 22.9 Å². The van der Waals surface area contributed by atoms with Crippen LogP contribution >= 0.6 is 0 Å². The normalized spacial score (nSPS) is 16.3. The first-order valence-electron chi connectivity index (χ1n) is 8.39. The molecule has 1 saturated heterocycles. The van der Waals surface area contributed by atoms with E-state index in [-0.39, 0.29) is 24.5 Å². The van der Waals surface area contributed by atoms with E-state index >= 15 is 0 Å². The highest BCUT2D eigenvalue weighted by Gasteiger charge is 2.32. The number of nitrogens with zero attached hydrogens (tertiary/aromatic N) is 5. The smallest absolute Gasteiger partial charge is 0.424 e. The third kappa shape index (κ3) is 2.95. The summed E-state index contributed by atoms with van der Waals surface area (Å²) in [5.41, 5.74) is 10.3. The number of carbonyl (C=O) groups excluding carboxylic acids is 1. The summed E-state index contributed by atoms with van der Waals surface area (Å²) in [6.45, 7) is 1.98. The highest BCUT2D eigenvalue weighted by atomic mass is 19.1. The van der Waals surface area contributed by atoms with Crippen LogP contribution in [0.25, 0.3) is 27.2 Å². The Hall–Kier alpha value is -3.78. The van der Waals surface area contributed by atoms with Crippen LogP contribution in [0.3, 0.4) is 0 Å². The summed E-state index contributed by atoms with van der Waals surface area (Å²) >= 11 is 0. The van der Waals surface area contributed by atoms with Crippen LogP contribution in [-0.4, -0.2) is 29.9 Å². The number of anilines is 1.